The first-order valence-electron chi connectivity index (χ1n) is 12.3. The molecular formula is C26H31F2N7O. The Morgan fingerprint density at radius 2 is 2.03 bits per heavy atom. The number of benzene rings is 1. The van der Waals surface area contributed by atoms with E-state index in [-0.39, 0.29) is 23.8 Å². The summed E-state index contributed by atoms with van der Waals surface area (Å²) >= 11 is 0. The van der Waals surface area contributed by atoms with Gasteiger partial charge in [0.15, 0.2) is 0 Å². The van der Waals surface area contributed by atoms with Gasteiger partial charge in [0, 0.05) is 36.8 Å². The number of rotatable bonds is 6. The maximum absolute atomic E-state index is 13.9. The van der Waals surface area contributed by atoms with Crippen molar-refractivity contribution >= 4 is 17.5 Å². The van der Waals surface area contributed by atoms with Crippen LogP contribution in [-0.2, 0) is 24.3 Å². The number of carbonyl (C=O) groups excluding carboxylic acids is 1. The second kappa shape index (κ2) is 10.3. The summed E-state index contributed by atoms with van der Waals surface area (Å²) in [6.45, 7) is 3.78. The molecule has 0 spiro atoms. The molecule has 0 aliphatic carbocycles. The van der Waals surface area contributed by atoms with Crippen LogP contribution in [0.15, 0.2) is 48.9 Å². The monoisotopic (exact) mass is 495 g/mol. The van der Waals surface area contributed by atoms with Crippen LogP contribution in [0.3, 0.4) is 0 Å². The third-order valence-corrected chi connectivity index (χ3v) is 7.18. The van der Waals surface area contributed by atoms with Gasteiger partial charge in [-0.15, -0.1) is 0 Å². The number of hydrogen-bond acceptors (Lipinski definition) is 6. The first-order valence-corrected chi connectivity index (χ1v) is 12.3. The standard InChI is InChI=1S/C26H31F2N7O/c1-17-10-19-11-29-26(31-20-12-30-34(13-20)16-24(27)28)32-23(19)15-35(17)25(36)21-8-9-33(2)14-22(21)18-6-4-3-5-7-18/h3-7,11-13,17,21-22,24H,8-10,14-16H2,1-2H3,(H,29,31,32)/t17-,21+,22-/m1/s1. The molecule has 10 heteroatoms. The Labute approximate surface area is 209 Å². The summed E-state index contributed by atoms with van der Waals surface area (Å²) in [6.07, 6.45) is 3.79. The molecule has 0 saturated carbocycles. The Kier molecular flexibility index (Phi) is 6.95. The number of likely N-dealkylation sites (N-methyl/N-ethyl adjacent to an activating group) is 1. The highest BCUT2D eigenvalue weighted by molar-refractivity contribution is 5.81. The van der Waals surface area contributed by atoms with E-state index in [1.165, 1.54) is 22.6 Å². The van der Waals surface area contributed by atoms with Gasteiger partial charge in [-0.3, -0.25) is 9.48 Å². The molecule has 1 fully saturated rings. The van der Waals surface area contributed by atoms with Crippen molar-refractivity contribution in [3.05, 3.63) is 65.7 Å². The number of nitrogens with one attached hydrogen (secondary N) is 1. The molecule has 1 N–H and O–H groups in total. The van der Waals surface area contributed by atoms with Gasteiger partial charge in [-0.05, 0) is 44.5 Å². The topological polar surface area (TPSA) is 79.2 Å². The van der Waals surface area contributed by atoms with Gasteiger partial charge >= 0.3 is 0 Å². The average molecular weight is 496 g/mol. The molecule has 2 aliphatic heterocycles. The van der Waals surface area contributed by atoms with Crippen LogP contribution in [0.25, 0.3) is 0 Å². The smallest absolute Gasteiger partial charge is 0.257 e. The van der Waals surface area contributed by atoms with Crippen molar-refractivity contribution in [3.63, 3.8) is 0 Å². The molecule has 3 atom stereocenters. The van der Waals surface area contributed by atoms with Crippen LogP contribution in [0.5, 0.6) is 0 Å². The highest BCUT2D eigenvalue weighted by atomic mass is 19.3. The van der Waals surface area contributed by atoms with Gasteiger partial charge in [0.2, 0.25) is 11.9 Å². The molecule has 3 aromatic rings. The highest BCUT2D eigenvalue weighted by Crippen LogP contribution is 2.35. The molecule has 2 aromatic heterocycles. The average Bonchev–Trinajstić information content (AvgIpc) is 3.29. The summed E-state index contributed by atoms with van der Waals surface area (Å²) in [4.78, 5) is 27.2. The SMILES string of the molecule is C[C@@H]1Cc2cnc(Nc3cnn(CC(F)F)c3)nc2CN1C(=O)[C@H]1CCN(C)C[C@@H]1c1ccccc1. The van der Waals surface area contributed by atoms with Gasteiger partial charge in [0.25, 0.3) is 6.43 Å². The summed E-state index contributed by atoms with van der Waals surface area (Å²) < 4.78 is 26.4. The fraction of sp³-hybridized carbons (Fsp3) is 0.462. The number of carbonyl (C=O) groups is 1. The van der Waals surface area contributed by atoms with Crippen molar-refractivity contribution < 1.29 is 13.6 Å². The number of anilines is 2. The fourth-order valence-electron chi connectivity index (χ4n) is 5.31. The third-order valence-electron chi connectivity index (χ3n) is 7.18. The molecule has 0 unspecified atom stereocenters. The lowest BCUT2D eigenvalue weighted by molar-refractivity contribution is -0.141. The number of likely N-dealkylation sites (tertiary alicyclic amines) is 1. The van der Waals surface area contributed by atoms with Crippen LogP contribution in [0, 0.1) is 5.92 Å². The number of alkyl halides is 2. The minimum absolute atomic E-state index is 0.0519. The van der Waals surface area contributed by atoms with Crippen LogP contribution in [-0.4, -0.2) is 68.1 Å². The van der Waals surface area contributed by atoms with Crippen LogP contribution in [0.2, 0.25) is 0 Å². The van der Waals surface area contributed by atoms with E-state index < -0.39 is 13.0 Å². The molecule has 1 amide bonds. The minimum Gasteiger partial charge on any atom is -0.333 e. The van der Waals surface area contributed by atoms with E-state index in [1.807, 2.05) is 23.1 Å². The van der Waals surface area contributed by atoms with E-state index >= 15 is 0 Å². The number of fused-ring (bicyclic) bond motifs is 1. The second-order valence-corrected chi connectivity index (χ2v) is 9.83. The van der Waals surface area contributed by atoms with Gasteiger partial charge in [-0.2, -0.15) is 5.10 Å². The zero-order chi connectivity index (χ0) is 25.2. The van der Waals surface area contributed by atoms with E-state index in [4.69, 9.17) is 0 Å². The van der Waals surface area contributed by atoms with Gasteiger partial charge in [0.05, 0.1) is 24.1 Å². The van der Waals surface area contributed by atoms with Gasteiger partial charge in [-0.1, -0.05) is 30.3 Å². The molecule has 0 bridgehead atoms. The second-order valence-electron chi connectivity index (χ2n) is 9.83. The molecule has 2 aliphatic rings. The van der Waals surface area contributed by atoms with Gasteiger partial charge < -0.3 is 15.1 Å². The number of hydrogen-bond donors (Lipinski definition) is 1. The van der Waals surface area contributed by atoms with Crippen molar-refractivity contribution in [2.24, 2.45) is 5.92 Å². The first-order chi connectivity index (χ1) is 17.4. The quantitative estimate of drug-likeness (QED) is 0.562. The van der Waals surface area contributed by atoms with Crippen molar-refractivity contribution in [3.8, 4) is 0 Å². The molecule has 8 nitrogen and oxygen atoms in total. The predicted octanol–water partition coefficient (Wildman–Crippen LogP) is 3.69. The van der Waals surface area contributed by atoms with Crippen LogP contribution >= 0.6 is 0 Å². The Morgan fingerprint density at radius 1 is 1.22 bits per heavy atom. The molecule has 1 saturated heterocycles. The Morgan fingerprint density at radius 3 is 2.81 bits per heavy atom. The molecular weight excluding hydrogens is 464 g/mol. The Bertz CT molecular complexity index is 1200. The Hall–Kier alpha value is -3.40. The van der Waals surface area contributed by atoms with E-state index in [9.17, 15) is 13.6 Å². The summed E-state index contributed by atoms with van der Waals surface area (Å²) in [6, 6.07) is 10.4. The molecule has 4 heterocycles. The fourth-order valence-corrected chi connectivity index (χ4v) is 5.31. The molecule has 190 valence electrons. The number of aromatic nitrogens is 4. The molecule has 1 aromatic carbocycles. The minimum atomic E-state index is -2.48. The van der Waals surface area contributed by atoms with E-state index in [2.05, 4.69) is 51.4 Å². The van der Waals surface area contributed by atoms with Gasteiger partial charge in [-0.25, -0.2) is 18.7 Å². The van der Waals surface area contributed by atoms with Crippen molar-refractivity contribution in [2.75, 3.05) is 25.5 Å². The number of piperidine rings is 1. The summed E-state index contributed by atoms with van der Waals surface area (Å²) in [7, 11) is 2.11. The predicted molar refractivity (Wildman–Crippen MR) is 132 cm³/mol. The number of nitrogens with zero attached hydrogens (tertiary/aromatic N) is 6. The lowest BCUT2D eigenvalue weighted by Gasteiger charge is -2.42. The summed E-state index contributed by atoms with van der Waals surface area (Å²) in [5.74, 6) is 0.608. The largest absolute Gasteiger partial charge is 0.333 e. The van der Waals surface area contributed by atoms with E-state index in [0.29, 0.717) is 24.6 Å². The van der Waals surface area contributed by atoms with E-state index in [0.717, 1.165) is 30.8 Å². The molecule has 36 heavy (non-hydrogen) atoms. The zero-order valence-electron chi connectivity index (χ0n) is 20.5. The van der Waals surface area contributed by atoms with Crippen LogP contribution < -0.4 is 5.32 Å². The lowest BCUT2D eigenvalue weighted by Crippen LogP contribution is -2.50. The normalized spacial score (nSPS) is 22.5. The van der Waals surface area contributed by atoms with Gasteiger partial charge in [0.1, 0.15) is 6.54 Å². The maximum Gasteiger partial charge on any atom is 0.257 e. The summed E-state index contributed by atoms with van der Waals surface area (Å²) in [5.41, 5.74) is 3.56. The Balaban J connectivity index is 1.33. The van der Waals surface area contributed by atoms with Crippen LogP contribution in [0.4, 0.5) is 20.4 Å². The van der Waals surface area contributed by atoms with Crippen molar-refractivity contribution in [2.45, 2.75) is 51.2 Å². The van der Waals surface area contributed by atoms with Crippen molar-refractivity contribution in [1.29, 1.82) is 0 Å². The number of amides is 1. The van der Waals surface area contributed by atoms with Crippen LogP contribution in [0.1, 0.15) is 36.1 Å². The molecule has 0 radical (unpaired) electrons. The van der Waals surface area contributed by atoms with Crippen molar-refractivity contribution in [1.82, 2.24) is 29.5 Å². The number of halogens is 2. The zero-order valence-corrected chi connectivity index (χ0v) is 20.5. The molecule has 5 rings (SSSR count). The third kappa shape index (κ3) is 5.23. The lowest BCUT2D eigenvalue weighted by atomic mass is 9.79. The maximum atomic E-state index is 13.9. The summed E-state index contributed by atoms with van der Waals surface area (Å²) in [5, 5.41) is 6.98. The highest BCUT2D eigenvalue weighted by Gasteiger charge is 2.39. The van der Waals surface area contributed by atoms with E-state index in [1.54, 1.807) is 6.20 Å². The first kappa shape index (κ1) is 24.3.